The standard InChI is InChI=1S/C21H28N2O4/c1-14-15(2)23(10-11-27-3)18-7-6-16(12-17(14)18)20(26)22-21(13-19(24)25)8-4-5-9-21/h6-7,12H,4-5,8-11,13H2,1-3H3,(H,22,26)(H,24,25). The molecular formula is C21H28N2O4. The van der Waals surface area contributed by atoms with Crippen LogP contribution in [0.15, 0.2) is 18.2 Å². The zero-order valence-electron chi connectivity index (χ0n) is 16.3. The number of amides is 1. The Morgan fingerprint density at radius 3 is 2.59 bits per heavy atom. The summed E-state index contributed by atoms with van der Waals surface area (Å²) in [5.41, 5.74) is 3.35. The summed E-state index contributed by atoms with van der Waals surface area (Å²) in [7, 11) is 1.69. The minimum Gasteiger partial charge on any atom is -0.481 e. The summed E-state index contributed by atoms with van der Waals surface area (Å²) in [6.45, 7) is 5.53. The molecule has 0 radical (unpaired) electrons. The lowest BCUT2D eigenvalue weighted by Gasteiger charge is -2.28. The molecule has 1 aromatic carbocycles. The van der Waals surface area contributed by atoms with Gasteiger partial charge in [-0.3, -0.25) is 9.59 Å². The van der Waals surface area contributed by atoms with E-state index < -0.39 is 11.5 Å². The van der Waals surface area contributed by atoms with Gasteiger partial charge in [0.05, 0.1) is 18.6 Å². The van der Waals surface area contributed by atoms with Gasteiger partial charge in [-0.1, -0.05) is 12.8 Å². The van der Waals surface area contributed by atoms with E-state index in [2.05, 4.69) is 23.7 Å². The van der Waals surface area contributed by atoms with Crippen LogP contribution in [0.2, 0.25) is 0 Å². The molecule has 1 fully saturated rings. The van der Waals surface area contributed by atoms with Crippen molar-refractivity contribution in [2.24, 2.45) is 0 Å². The maximum atomic E-state index is 12.9. The molecule has 0 atom stereocenters. The van der Waals surface area contributed by atoms with Crippen molar-refractivity contribution in [1.29, 1.82) is 0 Å². The van der Waals surface area contributed by atoms with Crippen molar-refractivity contribution in [2.75, 3.05) is 13.7 Å². The lowest BCUT2D eigenvalue weighted by atomic mass is 9.92. The normalized spacial score (nSPS) is 16.0. The van der Waals surface area contributed by atoms with Crippen molar-refractivity contribution < 1.29 is 19.4 Å². The second kappa shape index (κ2) is 7.72. The number of nitrogens with one attached hydrogen (secondary N) is 1. The molecule has 146 valence electrons. The van der Waals surface area contributed by atoms with Crippen molar-refractivity contribution >= 4 is 22.8 Å². The van der Waals surface area contributed by atoms with Gasteiger partial charge >= 0.3 is 5.97 Å². The fourth-order valence-electron chi connectivity index (χ4n) is 4.26. The Kier molecular flexibility index (Phi) is 5.56. The van der Waals surface area contributed by atoms with Gasteiger partial charge in [-0.25, -0.2) is 0 Å². The number of hydrogen-bond acceptors (Lipinski definition) is 3. The maximum absolute atomic E-state index is 12.9. The molecule has 1 aliphatic carbocycles. The number of aliphatic carboxylic acids is 1. The van der Waals surface area contributed by atoms with E-state index in [0.29, 0.717) is 12.2 Å². The molecule has 0 aliphatic heterocycles. The van der Waals surface area contributed by atoms with E-state index in [1.807, 2.05) is 18.2 Å². The molecule has 27 heavy (non-hydrogen) atoms. The molecule has 0 saturated heterocycles. The summed E-state index contributed by atoms with van der Waals surface area (Å²) < 4.78 is 7.41. The molecule has 0 unspecified atom stereocenters. The highest BCUT2D eigenvalue weighted by Gasteiger charge is 2.37. The Labute approximate surface area is 159 Å². The third kappa shape index (κ3) is 3.86. The topological polar surface area (TPSA) is 80.6 Å². The number of carbonyl (C=O) groups excluding carboxylic acids is 1. The number of carboxylic acid groups (broad SMARTS) is 1. The quantitative estimate of drug-likeness (QED) is 0.780. The van der Waals surface area contributed by atoms with Crippen LogP contribution in [0.5, 0.6) is 0 Å². The van der Waals surface area contributed by atoms with Crippen molar-refractivity contribution in [3.63, 3.8) is 0 Å². The van der Waals surface area contributed by atoms with Crippen LogP contribution in [-0.2, 0) is 16.1 Å². The fourth-order valence-corrected chi connectivity index (χ4v) is 4.26. The zero-order chi connectivity index (χ0) is 19.6. The van der Waals surface area contributed by atoms with E-state index in [4.69, 9.17) is 4.74 Å². The average Bonchev–Trinajstić information content (AvgIpc) is 3.16. The van der Waals surface area contributed by atoms with E-state index in [-0.39, 0.29) is 12.3 Å². The van der Waals surface area contributed by atoms with Gasteiger partial charge in [-0.05, 0) is 50.5 Å². The Bertz CT molecular complexity index is 863. The lowest BCUT2D eigenvalue weighted by molar-refractivity contribution is -0.138. The number of aryl methyl sites for hydroxylation is 1. The Morgan fingerprint density at radius 2 is 1.96 bits per heavy atom. The molecule has 1 heterocycles. The highest BCUT2D eigenvalue weighted by Crippen LogP contribution is 2.33. The number of benzene rings is 1. The fraction of sp³-hybridized carbons (Fsp3) is 0.524. The van der Waals surface area contributed by atoms with Crippen molar-refractivity contribution in [1.82, 2.24) is 9.88 Å². The Hall–Kier alpha value is -2.34. The first-order valence-electron chi connectivity index (χ1n) is 9.49. The summed E-state index contributed by atoms with van der Waals surface area (Å²) in [6, 6.07) is 5.71. The van der Waals surface area contributed by atoms with Crippen LogP contribution in [-0.4, -0.2) is 40.8 Å². The van der Waals surface area contributed by atoms with E-state index in [1.54, 1.807) is 7.11 Å². The zero-order valence-corrected chi connectivity index (χ0v) is 16.3. The lowest BCUT2D eigenvalue weighted by Crippen LogP contribution is -2.47. The summed E-state index contributed by atoms with van der Waals surface area (Å²) in [4.78, 5) is 24.1. The summed E-state index contributed by atoms with van der Waals surface area (Å²) >= 11 is 0. The number of methoxy groups -OCH3 is 1. The molecule has 1 amide bonds. The molecular weight excluding hydrogens is 344 g/mol. The van der Waals surface area contributed by atoms with Crippen molar-refractivity contribution in [3.05, 3.63) is 35.0 Å². The largest absolute Gasteiger partial charge is 0.481 e. The minimum atomic E-state index is -0.866. The molecule has 2 aromatic rings. The van der Waals surface area contributed by atoms with Gasteiger partial charge in [0.15, 0.2) is 0 Å². The van der Waals surface area contributed by atoms with Crippen LogP contribution >= 0.6 is 0 Å². The van der Waals surface area contributed by atoms with Crippen LogP contribution in [0.4, 0.5) is 0 Å². The monoisotopic (exact) mass is 372 g/mol. The molecule has 3 rings (SSSR count). The third-order valence-corrected chi connectivity index (χ3v) is 5.85. The Morgan fingerprint density at radius 1 is 1.26 bits per heavy atom. The van der Waals surface area contributed by atoms with Crippen molar-refractivity contribution in [2.45, 2.75) is 58.0 Å². The first-order chi connectivity index (χ1) is 12.9. The van der Waals surface area contributed by atoms with Gasteiger partial charge < -0.3 is 19.7 Å². The van der Waals surface area contributed by atoms with Crippen LogP contribution < -0.4 is 5.32 Å². The van der Waals surface area contributed by atoms with Crippen LogP contribution in [0.25, 0.3) is 10.9 Å². The van der Waals surface area contributed by atoms with E-state index in [9.17, 15) is 14.7 Å². The molecule has 1 saturated carbocycles. The molecule has 0 spiro atoms. The highest BCUT2D eigenvalue weighted by atomic mass is 16.5. The van der Waals surface area contributed by atoms with Gasteiger partial charge in [-0.15, -0.1) is 0 Å². The number of carbonyl (C=O) groups is 2. The van der Waals surface area contributed by atoms with Gasteiger partial charge in [0.1, 0.15) is 0 Å². The number of rotatable bonds is 7. The van der Waals surface area contributed by atoms with E-state index >= 15 is 0 Å². The maximum Gasteiger partial charge on any atom is 0.305 e. The number of carboxylic acids is 1. The molecule has 0 bridgehead atoms. The first kappa shape index (κ1) is 19.4. The smallest absolute Gasteiger partial charge is 0.305 e. The predicted octanol–water partition coefficient (Wildman–Crippen LogP) is 3.42. The molecule has 6 heteroatoms. The van der Waals surface area contributed by atoms with Gasteiger partial charge in [0.2, 0.25) is 0 Å². The molecule has 6 nitrogen and oxygen atoms in total. The molecule has 1 aliphatic rings. The van der Waals surface area contributed by atoms with Crippen LogP contribution in [0.1, 0.15) is 53.7 Å². The number of aromatic nitrogens is 1. The second-order valence-electron chi connectivity index (χ2n) is 7.60. The van der Waals surface area contributed by atoms with Gasteiger partial charge in [0.25, 0.3) is 5.91 Å². The molecule has 1 aromatic heterocycles. The van der Waals surface area contributed by atoms with Crippen LogP contribution in [0.3, 0.4) is 0 Å². The number of hydrogen-bond donors (Lipinski definition) is 2. The van der Waals surface area contributed by atoms with E-state index in [1.165, 1.54) is 0 Å². The number of nitrogens with zero attached hydrogens (tertiary/aromatic N) is 1. The minimum absolute atomic E-state index is 0.0213. The molecule has 2 N–H and O–H groups in total. The van der Waals surface area contributed by atoms with Crippen molar-refractivity contribution in [3.8, 4) is 0 Å². The second-order valence-corrected chi connectivity index (χ2v) is 7.60. The number of ether oxygens (including phenoxy) is 1. The highest BCUT2D eigenvalue weighted by molar-refractivity contribution is 5.99. The Balaban J connectivity index is 1.89. The first-order valence-corrected chi connectivity index (χ1v) is 9.49. The summed E-state index contributed by atoms with van der Waals surface area (Å²) in [5.74, 6) is -1.06. The summed E-state index contributed by atoms with van der Waals surface area (Å²) in [6.07, 6.45) is 3.32. The predicted molar refractivity (Wildman–Crippen MR) is 104 cm³/mol. The SMILES string of the molecule is COCCn1c(C)c(C)c2cc(C(=O)NC3(CC(=O)O)CCCC3)ccc21. The third-order valence-electron chi connectivity index (χ3n) is 5.85. The number of fused-ring (bicyclic) bond motifs is 1. The average molecular weight is 372 g/mol. The van der Waals surface area contributed by atoms with E-state index in [0.717, 1.165) is 54.4 Å². The summed E-state index contributed by atoms with van der Waals surface area (Å²) in [5, 5.41) is 13.3. The van der Waals surface area contributed by atoms with Crippen LogP contribution in [0, 0.1) is 13.8 Å². The van der Waals surface area contributed by atoms with Gasteiger partial charge in [-0.2, -0.15) is 0 Å². The van der Waals surface area contributed by atoms with Gasteiger partial charge in [0, 0.05) is 35.8 Å².